The first-order chi connectivity index (χ1) is 15.9. The van der Waals surface area contributed by atoms with Gasteiger partial charge in [0.15, 0.2) is 0 Å². The van der Waals surface area contributed by atoms with Crippen LogP contribution in [0.15, 0.2) is 24.4 Å². The van der Waals surface area contributed by atoms with E-state index in [0.717, 1.165) is 63.9 Å². The Morgan fingerprint density at radius 3 is 2.61 bits per heavy atom. The van der Waals surface area contributed by atoms with E-state index in [1.165, 1.54) is 0 Å². The van der Waals surface area contributed by atoms with Gasteiger partial charge in [-0.15, -0.1) is 0 Å². The Hall–Kier alpha value is -1.99. The number of amides is 2. The highest BCUT2D eigenvalue weighted by molar-refractivity contribution is 5.90. The predicted octanol–water partition coefficient (Wildman–Crippen LogP) is 3.29. The van der Waals surface area contributed by atoms with Gasteiger partial charge in [-0.3, -0.25) is 19.5 Å². The quantitative estimate of drug-likeness (QED) is 0.723. The minimum absolute atomic E-state index is 0.0572. The van der Waals surface area contributed by atoms with Gasteiger partial charge < -0.3 is 15.4 Å². The molecular weight excluding hydrogens is 416 g/mol. The molecule has 0 saturated carbocycles. The standard InChI is InChI=1S/C26H42N4O3/c1-20(2)17-23-24(31)28-21(3)19-33-16-8-4-6-10-26(25(32)29-23)11-14-30(15-12-26)18-22-9-5-7-13-27-22/h5,7,9,13,20-21,23H,4,6,8,10-12,14-19H2,1-3H3,(H,28,31)(H,29,32)/t21-,23+/m1/s1. The zero-order valence-corrected chi connectivity index (χ0v) is 20.6. The molecule has 2 aliphatic heterocycles. The minimum atomic E-state index is -0.508. The average Bonchev–Trinajstić information content (AvgIpc) is 2.79. The maximum absolute atomic E-state index is 13.7. The summed E-state index contributed by atoms with van der Waals surface area (Å²) >= 11 is 0. The van der Waals surface area contributed by atoms with Crippen molar-refractivity contribution in [2.24, 2.45) is 11.3 Å². The van der Waals surface area contributed by atoms with E-state index in [-0.39, 0.29) is 17.9 Å². The SMILES string of the molecule is CC(C)C[C@@H]1NC(=O)C2(CCCCCOC[C@@H](C)NC1=O)CCN(Cc1ccccn1)CC2. The molecule has 1 aromatic heterocycles. The summed E-state index contributed by atoms with van der Waals surface area (Å²) in [6.07, 6.45) is 8.01. The third kappa shape index (κ3) is 7.78. The molecule has 33 heavy (non-hydrogen) atoms. The van der Waals surface area contributed by atoms with Gasteiger partial charge >= 0.3 is 0 Å². The van der Waals surface area contributed by atoms with E-state index in [4.69, 9.17) is 4.74 Å². The molecule has 3 heterocycles. The first kappa shape index (κ1) is 25.6. The lowest BCUT2D eigenvalue weighted by atomic mass is 9.73. The molecule has 2 amide bonds. The van der Waals surface area contributed by atoms with Gasteiger partial charge in [0.05, 0.1) is 17.7 Å². The van der Waals surface area contributed by atoms with Gasteiger partial charge in [-0.25, -0.2) is 0 Å². The van der Waals surface area contributed by atoms with Crippen LogP contribution in [0.3, 0.4) is 0 Å². The van der Waals surface area contributed by atoms with Crippen LogP contribution in [-0.2, 0) is 20.9 Å². The van der Waals surface area contributed by atoms with Crippen LogP contribution in [0.1, 0.15) is 71.4 Å². The van der Waals surface area contributed by atoms with Crippen LogP contribution in [0.2, 0.25) is 0 Å². The van der Waals surface area contributed by atoms with Crippen LogP contribution in [0.25, 0.3) is 0 Å². The maximum Gasteiger partial charge on any atom is 0.242 e. The second-order valence-corrected chi connectivity index (χ2v) is 10.3. The number of likely N-dealkylation sites (tertiary alicyclic amines) is 1. The van der Waals surface area contributed by atoms with Gasteiger partial charge in [0.2, 0.25) is 11.8 Å². The number of aromatic nitrogens is 1. The third-order valence-corrected chi connectivity index (χ3v) is 6.94. The van der Waals surface area contributed by atoms with Gasteiger partial charge in [0.1, 0.15) is 6.04 Å². The number of hydrogen-bond donors (Lipinski definition) is 2. The molecule has 0 unspecified atom stereocenters. The summed E-state index contributed by atoms with van der Waals surface area (Å²) in [5, 5.41) is 6.22. The zero-order valence-electron chi connectivity index (χ0n) is 20.6. The van der Waals surface area contributed by atoms with Crippen molar-refractivity contribution < 1.29 is 14.3 Å². The molecule has 0 aliphatic carbocycles. The molecular formula is C26H42N4O3. The summed E-state index contributed by atoms with van der Waals surface area (Å²) in [5.41, 5.74) is 0.652. The van der Waals surface area contributed by atoms with E-state index < -0.39 is 11.5 Å². The first-order valence-corrected chi connectivity index (χ1v) is 12.7. The van der Waals surface area contributed by atoms with E-state index in [1.54, 1.807) is 0 Å². The lowest BCUT2D eigenvalue weighted by Crippen LogP contribution is -2.56. The molecule has 2 saturated heterocycles. The second-order valence-electron chi connectivity index (χ2n) is 10.3. The zero-order chi connectivity index (χ0) is 23.7. The highest BCUT2D eigenvalue weighted by Gasteiger charge is 2.42. The van der Waals surface area contributed by atoms with Crippen molar-refractivity contribution in [3.05, 3.63) is 30.1 Å². The van der Waals surface area contributed by atoms with Crippen LogP contribution >= 0.6 is 0 Å². The molecule has 0 radical (unpaired) electrons. The van der Waals surface area contributed by atoms with Crippen molar-refractivity contribution in [2.45, 2.75) is 84.3 Å². The number of nitrogens with one attached hydrogen (secondary N) is 2. The summed E-state index contributed by atoms with van der Waals surface area (Å²) in [6.45, 7) is 9.88. The van der Waals surface area contributed by atoms with Crippen LogP contribution in [0.5, 0.6) is 0 Å². The van der Waals surface area contributed by atoms with Gasteiger partial charge in [-0.2, -0.15) is 0 Å². The summed E-state index contributed by atoms with van der Waals surface area (Å²) in [4.78, 5) is 33.5. The molecule has 1 aromatic rings. The fourth-order valence-corrected chi connectivity index (χ4v) is 4.95. The lowest BCUT2D eigenvalue weighted by molar-refractivity contribution is -0.139. The van der Waals surface area contributed by atoms with E-state index in [9.17, 15) is 9.59 Å². The fourth-order valence-electron chi connectivity index (χ4n) is 4.95. The number of pyridine rings is 1. The number of piperidine rings is 1. The molecule has 7 heteroatoms. The van der Waals surface area contributed by atoms with E-state index in [2.05, 4.69) is 40.4 Å². The number of carbonyl (C=O) groups is 2. The van der Waals surface area contributed by atoms with Crippen molar-refractivity contribution in [2.75, 3.05) is 26.3 Å². The summed E-state index contributed by atoms with van der Waals surface area (Å²) < 4.78 is 5.77. The van der Waals surface area contributed by atoms with Crippen LogP contribution < -0.4 is 10.6 Å². The molecule has 2 fully saturated rings. The van der Waals surface area contributed by atoms with E-state index >= 15 is 0 Å². The van der Waals surface area contributed by atoms with Gasteiger partial charge in [0.25, 0.3) is 0 Å². The highest BCUT2D eigenvalue weighted by atomic mass is 16.5. The van der Waals surface area contributed by atoms with Gasteiger partial charge in [-0.1, -0.05) is 32.8 Å². The Balaban J connectivity index is 1.71. The second kappa shape index (κ2) is 12.5. The maximum atomic E-state index is 13.7. The molecule has 1 spiro atoms. The van der Waals surface area contributed by atoms with Crippen molar-refractivity contribution in [3.63, 3.8) is 0 Å². The summed E-state index contributed by atoms with van der Waals surface area (Å²) in [7, 11) is 0. The smallest absolute Gasteiger partial charge is 0.242 e. The van der Waals surface area contributed by atoms with Crippen molar-refractivity contribution >= 4 is 11.8 Å². The van der Waals surface area contributed by atoms with Crippen LogP contribution in [0, 0.1) is 11.3 Å². The van der Waals surface area contributed by atoms with Gasteiger partial charge in [-0.05, 0) is 70.2 Å². The molecule has 0 bridgehead atoms. The van der Waals surface area contributed by atoms with Crippen molar-refractivity contribution in [3.8, 4) is 0 Å². The molecule has 184 valence electrons. The Bertz CT molecular complexity index is 747. The largest absolute Gasteiger partial charge is 0.379 e. The topological polar surface area (TPSA) is 83.6 Å². The molecule has 2 atom stereocenters. The predicted molar refractivity (Wildman–Crippen MR) is 129 cm³/mol. The lowest BCUT2D eigenvalue weighted by Gasteiger charge is -2.41. The van der Waals surface area contributed by atoms with Crippen molar-refractivity contribution in [1.82, 2.24) is 20.5 Å². The summed E-state index contributed by atoms with van der Waals surface area (Å²) in [6, 6.07) is 5.42. The van der Waals surface area contributed by atoms with Crippen molar-refractivity contribution in [1.29, 1.82) is 0 Å². The highest BCUT2D eigenvalue weighted by Crippen LogP contribution is 2.38. The molecule has 0 aromatic carbocycles. The van der Waals surface area contributed by atoms with Crippen LogP contribution in [0.4, 0.5) is 0 Å². The van der Waals surface area contributed by atoms with Crippen LogP contribution in [-0.4, -0.2) is 60.1 Å². The Kier molecular flexibility index (Phi) is 9.68. The normalized spacial score (nSPS) is 25.9. The number of hydrogen-bond acceptors (Lipinski definition) is 5. The van der Waals surface area contributed by atoms with Gasteiger partial charge in [0, 0.05) is 25.4 Å². The number of carbonyl (C=O) groups excluding carboxylic acids is 2. The number of nitrogens with zero attached hydrogens (tertiary/aromatic N) is 2. The number of ether oxygens (including phenoxy) is 1. The minimum Gasteiger partial charge on any atom is -0.379 e. The van der Waals surface area contributed by atoms with E-state index in [1.807, 2.05) is 25.3 Å². The average molecular weight is 459 g/mol. The fraction of sp³-hybridized carbons (Fsp3) is 0.731. The Morgan fingerprint density at radius 1 is 1.12 bits per heavy atom. The molecule has 7 nitrogen and oxygen atoms in total. The molecule has 2 aliphatic rings. The number of rotatable bonds is 4. The monoisotopic (exact) mass is 458 g/mol. The first-order valence-electron chi connectivity index (χ1n) is 12.7. The van der Waals surface area contributed by atoms with E-state index in [0.29, 0.717) is 25.6 Å². The Labute approximate surface area is 199 Å². The summed E-state index contributed by atoms with van der Waals surface area (Å²) in [5.74, 6) is 0.261. The molecule has 3 rings (SSSR count). The third-order valence-electron chi connectivity index (χ3n) is 6.94. The molecule has 2 N–H and O–H groups in total. The Morgan fingerprint density at radius 2 is 1.91 bits per heavy atom.